The van der Waals surface area contributed by atoms with Crippen molar-refractivity contribution in [2.75, 3.05) is 0 Å². The number of aromatic nitrogens is 1. The zero-order chi connectivity index (χ0) is 13.4. The lowest BCUT2D eigenvalue weighted by Gasteiger charge is -2.24. The maximum Gasteiger partial charge on any atom is 0.240 e. The number of hydrogen-bond acceptors (Lipinski definition) is 4. The first kappa shape index (κ1) is 14.2. The Morgan fingerprint density at radius 2 is 2.17 bits per heavy atom. The quantitative estimate of drug-likeness (QED) is 0.804. The Morgan fingerprint density at radius 1 is 1.50 bits per heavy atom. The first-order valence-electron chi connectivity index (χ1n) is 6.27. The van der Waals surface area contributed by atoms with E-state index in [0.717, 1.165) is 12.8 Å². The summed E-state index contributed by atoms with van der Waals surface area (Å²) < 4.78 is 4.90. The molecular formula is C13H19N3O2. The molecule has 1 aromatic heterocycles. The van der Waals surface area contributed by atoms with Crippen molar-refractivity contribution in [2.45, 2.75) is 46.1 Å². The Balaban J connectivity index is 2.67. The molecule has 0 atom stereocenters. The number of nitrogens with one attached hydrogen (secondary N) is 1. The molecule has 5 heteroatoms. The van der Waals surface area contributed by atoms with Gasteiger partial charge in [-0.25, -0.2) is 0 Å². The molecule has 1 rings (SSSR count). The van der Waals surface area contributed by atoms with Crippen LogP contribution in [0.25, 0.3) is 0 Å². The zero-order valence-corrected chi connectivity index (χ0v) is 10.9. The molecule has 0 spiro atoms. The van der Waals surface area contributed by atoms with Gasteiger partial charge in [0, 0.05) is 6.07 Å². The van der Waals surface area contributed by atoms with E-state index in [1.54, 1.807) is 6.07 Å². The first-order valence-corrected chi connectivity index (χ1v) is 6.27. The molecule has 0 aliphatic rings. The Kier molecular flexibility index (Phi) is 5.37. The van der Waals surface area contributed by atoms with Crippen LogP contribution in [0.3, 0.4) is 0 Å². The van der Waals surface area contributed by atoms with E-state index in [1.807, 2.05) is 13.8 Å². The molecule has 1 aromatic rings. The van der Waals surface area contributed by atoms with Gasteiger partial charge in [0.2, 0.25) is 5.91 Å². The van der Waals surface area contributed by atoms with Crippen LogP contribution in [0.15, 0.2) is 16.8 Å². The van der Waals surface area contributed by atoms with Crippen molar-refractivity contribution in [3.8, 4) is 6.07 Å². The Labute approximate surface area is 107 Å². The van der Waals surface area contributed by atoms with Crippen LogP contribution < -0.4 is 5.32 Å². The summed E-state index contributed by atoms with van der Waals surface area (Å²) >= 11 is 0. The molecule has 0 aromatic carbocycles. The normalized spacial score (nSPS) is 10.9. The maximum atomic E-state index is 12.2. The minimum atomic E-state index is -0.913. The van der Waals surface area contributed by atoms with Crippen LogP contribution in [-0.4, -0.2) is 11.1 Å². The number of nitriles is 1. The fourth-order valence-corrected chi connectivity index (χ4v) is 2.04. The summed E-state index contributed by atoms with van der Waals surface area (Å²) in [6, 6.07) is 3.88. The van der Waals surface area contributed by atoms with Crippen molar-refractivity contribution in [3.63, 3.8) is 0 Å². The summed E-state index contributed by atoms with van der Waals surface area (Å²) in [4.78, 5) is 12.2. The highest BCUT2D eigenvalue weighted by Gasteiger charge is 2.36. The molecule has 0 unspecified atom stereocenters. The molecular weight excluding hydrogens is 230 g/mol. The molecule has 0 bridgehead atoms. The smallest absolute Gasteiger partial charge is 0.240 e. The van der Waals surface area contributed by atoms with Crippen LogP contribution in [0.1, 0.15) is 45.3 Å². The third-order valence-corrected chi connectivity index (χ3v) is 2.92. The van der Waals surface area contributed by atoms with E-state index in [4.69, 9.17) is 4.52 Å². The van der Waals surface area contributed by atoms with Crippen LogP contribution >= 0.6 is 0 Å². The number of carbonyl (C=O) groups excluding carboxylic acids is 1. The van der Waals surface area contributed by atoms with E-state index in [-0.39, 0.29) is 12.5 Å². The van der Waals surface area contributed by atoms with E-state index in [0.29, 0.717) is 18.6 Å². The zero-order valence-electron chi connectivity index (χ0n) is 10.9. The SMILES string of the molecule is CCCC(C#N)(CCC)C(=O)NCc1ccno1. The van der Waals surface area contributed by atoms with E-state index < -0.39 is 5.41 Å². The molecule has 0 radical (unpaired) electrons. The van der Waals surface area contributed by atoms with Crippen molar-refractivity contribution in [1.82, 2.24) is 10.5 Å². The minimum Gasteiger partial charge on any atom is -0.360 e. The van der Waals surface area contributed by atoms with Gasteiger partial charge < -0.3 is 9.84 Å². The van der Waals surface area contributed by atoms with E-state index >= 15 is 0 Å². The summed E-state index contributed by atoms with van der Waals surface area (Å²) in [5.41, 5.74) is -0.913. The Hall–Kier alpha value is -1.83. The largest absolute Gasteiger partial charge is 0.360 e. The van der Waals surface area contributed by atoms with Gasteiger partial charge in [-0.3, -0.25) is 4.79 Å². The lowest BCUT2D eigenvalue weighted by Crippen LogP contribution is -2.39. The van der Waals surface area contributed by atoms with Gasteiger partial charge in [-0.1, -0.05) is 31.8 Å². The molecule has 98 valence electrons. The number of rotatable bonds is 7. The monoisotopic (exact) mass is 249 g/mol. The molecule has 1 heterocycles. The summed E-state index contributed by atoms with van der Waals surface area (Å²) in [6.45, 7) is 4.23. The molecule has 0 aliphatic carbocycles. The lowest BCUT2D eigenvalue weighted by molar-refractivity contribution is -0.129. The van der Waals surface area contributed by atoms with Gasteiger partial charge in [0.15, 0.2) is 5.76 Å². The third kappa shape index (κ3) is 3.33. The Morgan fingerprint density at radius 3 is 2.61 bits per heavy atom. The highest BCUT2D eigenvalue weighted by molar-refractivity contribution is 5.85. The second-order valence-electron chi connectivity index (χ2n) is 4.36. The van der Waals surface area contributed by atoms with Crippen LogP contribution in [-0.2, 0) is 11.3 Å². The van der Waals surface area contributed by atoms with E-state index in [2.05, 4.69) is 16.5 Å². The van der Waals surface area contributed by atoms with Gasteiger partial charge in [0.25, 0.3) is 0 Å². The van der Waals surface area contributed by atoms with Crippen LogP contribution in [0.4, 0.5) is 0 Å². The highest BCUT2D eigenvalue weighted by atomic mass is 16.5. The lowest BCUT2D eigenvalue weighted by atomic mass is 9.80. The van der Waals surface area contributed by atoms with Crippen molar-refractivity contribution < 1.29 is 9.32 Å². The van der Waals surface area contributed by atoms with Gasteiger partial charge >= 0.3 is 0 Å². The van der Waals surface area contributed by atoms with Crippen molar-refractivity contribution in [1.29, 1.82) is 5.26 Å². The standard InChI is InChI=1S/C13H19N3O2/c1-3-6-13(10-14,7-4-2)12(17)15-9-11-5-8-16-18-11/h5,8H,3-4,6-7,9H2,1-2H3,(H,15,17). The summed E-state index contributed by atoms with van der Waals surface area (Å²) in [6.07, 6.45) is 4.31. The molecule has 0 saturated heterocycles. The van der Waals surface area contributed by atoms with Crippen LogP contribution in [0.5, 0.6) is 0 Å². The van der Waals surface area contributed by atoms with Crippen molar-refractivity contribution in [3.05, 3.63) is 18.0 Å². The van der Waals surface area contributed by atoms with Crippen molar-refractivity contribution in [2.24, 2.45) is 5.41 Å². The van der Waals surface area contributed by atoms with Gasteiger partial charge in [-0.2, -0.15) is 5.26 Å². The fraction of sp³-hybridized carbons (Fsp3) is 0.615. The predicted molar refractivity (Wildman–Crippen MR) is 66.2 cm³/mol. The highest BCUT2D eigenvalue weighted by Crippen LogP contribution is 2.29. The summed E-state index contributed by atoms with van der Waals surface area (Å²) in [7, 11) is 0. The van der Waals surface area contributed by atoms with Crippen LogP contribution in [0, 0.1) is 16.7 Å². The average molecular weight is 249 g/mol. The third-order valence-electron chi connectivity index (χ3n) is 2.92. The van der Waals surface area contributed by atoms with Gasteiger partial charge in [-0.15, -0.1) is 0 Å². The predicted octanol–water partition coefficient (Wildman–Crippen LogP) is 2.40. The number of amides is 1. The van der Waals surface area contributed by atoms with E-state index in [9.17, 15) is 10.1 Å². The fourth-order valence-electron chi connectivity index (χ4n) is 2.04. The summed E-state index contributed by atoms with van der Waals surface area (Å²) in [5, 5.41) is 15.6. The maximum absolute atomic E-state index is 12.2. The molecule has 18 heavy (non-hydrogen) atoms. The van der Waals surface area contributed by atoms with Crippen molar-refractivity contribution >= 4 is 5.91 Å². The van der Waals surface area contributed by atoms with Crippen LogP contribution in [0.2, 0.25) is 0 Å². The second-order valence-corrected chi connectivity index (χ2v) is 4.36. The number of carbonyl (C=O) groups is 1. The molecule has 1 amide bonds. The Bertz CT molecular complexity index is 400. The number of nitrogens with zero attached hydrogens (tertiary/aromatic N) is 2. The summed E-state index contributed by atoms with van der Waals surface area (Å²) in [5.74, 6) is 0.369. The molecule has 5 nitrogen and oxygen atoms in total. The first-order chi connectivity index (χ1) is 8.68. The van der Waals surface area contributed by atoms with Gasteiger partial charge in [0.1, 0.15) is 5.41 Å². The van der Waals surface area contributed by atoms with E-state index in [1.165, 1.54) is 6.20 Å². The molecule has 0 aliphatic heterocycles. The molecule has 1 N–H and O–H groups in total. The molecule has 0 fully saturated rings. The average Bonchev–Trinajstić information content (AvgIpc) is 2.88. The number of hydrogen-bond donors (Lipinski definition) is 1. The minimum absolute atomic E-state index is 0.217. The van der Waals surface area contributed by atoms with Gasteiger partial charge in [0.05, 0.1) is 18.8 Å². The topological polar surface area (TPSA) is 78.9 Å². The van der Waals surface area contributed by atoms with Gasteiger partial charge in [-0.05, 0) is 12.8 Å². The second kappa shape index (κ2) is 6.80. The molecule has 0 saturated carbocycles.